The number of ether oxygens (including phenoxy) is 2. The summed E-state index contributed by atoms with van der Waals surface area (Å²) in [6.07, 6.45) is 0.994. The van der Waals surface area contributed by atoms with Crippen LogP contribution >= 0.6 is 0 Å². The fraction of sp³-hybridized carbons (Fsp3) is 0.429. The van der Waals surface area contributed by atoms with Gasteiger partial charge in [0.1, 0.15) is 18.1 Å². The Hall–Kier alpha value is -2.00. The highest BCUT2D eigenvalue weighted by molar-refractivity contribution is 5.41. The third-order valence-corrected chi connectivity index (χ3v) is 3.56. The average molecular weight is 327 g/mol. The molecule has 2 rings (SSSR count). The van der Waals surface area contributed by atoms with Gasteiger partial charge in [-0.05, 0) is 38.8 Å². The number of benzene rings is 2. The highest BCUT2D eigenvalue weighted by Gasteiger charge is 2.12. The normalized spacial score (nSPS) is 11.3. The molecule has 1 N–H and O–H groups in total. The predicted octanol–water partition coefficient (Wildman–Crippen LogP) is 4.94. The van der Waals surface area contributed by atoms with Gasteiger partial charge in [-0.2, -0.15) is 0 Å². The zero-order chi connectivity index (χ0) is 17.4. The molecule has 0 bridgehead atoms. The van der Waals surface area contributed by atoms with Crippen LogP contribution in [0.25, 0.3) is 0 Å². The van der Waals surface area contributed by atoms with Gasteiger partial charge in [0, 0.05) is 23.7 Å². The van der Waals surface area contributed by atoms with Gasteiger partial charge in [0.15, 0.2) is 0 Å². The van der Waals surface area contributed by atoms with E-state index in [1.165, 1.54) is 0 Å². The van der Waals surface area contributed by atoms with Crippen LogP contribution in [0.2, 0.25) is 0 Å². The molecule has 0 radical (unpaired) electrons. The molecule has 2 aromatic carbocycles. The molecular formula is C21H29NO2. The second-order valence-electron chi connectivity index (χ2n) is 7.00. The molecule has 3 heteroatoms. The van der Waals surface area contributed by atoms with Gasteiger partial charge in [-0.3, -0.25) is 0 Å². The Labute approximate surface area is 146 Å². The predicted molar refractivity (Wildman–Crippen MR) is 99.6 cm³/mol. The number of nitrogens with one attached hydrogen (secondary N) is 1. The number of hydrogen-bond acceptors (Lipinski definition) is 3. The quantitative estimate of drug-likeness (QED) is 0.745. The Kier molecular flexibility index (Phi) is 6.68. The molecule has 24 heavy (non-hydrogen) atoms. The van der Waals surface area contributed by atoms with Crippen LogP contribution in [0.4, 0.5) is 0 Å². The summed E-state index contributed by atoms with van der Waals surface area (Å²) in [5, 5.41) is 3.52. The Morgan fingerprint density at radius 2 is 1.71 bits per heavy atom. The van der Waals surface area contributed by atoms with E-state index in [0.29, 0.717) is 6.61 Å². The SMILES string of the molecule is CCCOc1ccc(CNC(C)(C)C)c(OCc2ccccc2)c1. The minimum Gasteiger partial charge on any atom is -0.493 e. The second-order valence-corrected chi connectivity index (χ2v) is 7.00. The summed E-state index contributed by atoms with van der Waals surface area (Å²) in [7, 11) is 0. The highest BCUT2D eigenvalue weighted by Crippen LogP contribution is 2.26. The van der Waals surface area contributed by atoms with Gasteiger partial charge in [-0.1, -0.05) is 43.3 Å². The van der Waals surface area contributed by atoms with E-state index in [9.17, 15) is 0 Å². The third kappa shape index (κ3) is 6.25. The lowest BCUT2D eigenvalue weighted by Crippen LogP contribution is -2.35. The van der Waals surface area contributed by atoms with Crippen molar-refractivity contribution in [3.8, 4) is 11.5 Å². The van der Waals surface area contributed by atoms with E-state index in [4.69, 9.17) is 9.47 Å². The Bertz CT molecular complexity index is 617. The van der Waals surface area contributed by atoms with E-state index in [1.54, 1.807) is 0 Å². The molecule has 0 aliphatic rings. The van der Waals surface area contributed by atoms with Gasteiger partial charge in [-0.15, -0.1) is 0 Å². The summed E-state index contributed by atoms with van der Waals surface area (Å²) in [6.45, 7) is 10.6. The van der Waals surface area contributed by atoms with Crippen LogP contribution in [0.3, 0.4) is 0 Å². The second kappa shape index (κ2) is 8.74. The van der Waals surface area contributed by atoms with Gasteiger partial charge >= 0.3 is 0 Å². The number of hydrogen-bond donors (Lipinski definition) is 1. The van der Waals surface area contributed by atoms with Gasteiger partial charge in [0.25, 0.3) is 0 Å². The summed E-state index contributed by atoms with van der Waals surface area (Å²) < 4.78 is 11.8. The zero-order valence-corrected chi connectivity index (χ0v) is 15.3. The molecular weight excluding hydrogens is 298 g/mol. The fourth-order valence-electron chi connectivity index (χ4n) is 2.22. The lowest BCUT2D eigenvalue weighted by Gasteiger charge is -2.22. The van der Waals surface area contributed by atoms with E-state index in [2.05, 4.69) is 51.2 Å². The molecule has 0 aliphatic heterocycles. The van der Waals surface area contributed by atoms with Gasteiger partial charge < -0.3 is 14.8 Å². The Balaban J connectivity index is 2.12. The average Bonchev–Trinajstić information content (AvgIpc) is 2.57. The summed E-state index contributed by atoms with van der Waals surface area (Å²) >= 11 is 0. The molecule has 0 heterocycles. The standard InChI is InChI=1S/C21H29NO2/c1-5-13-23-19-12-11-18(15-22-21(2,3)4)20(14-19)24-16-17-9-7-6-8-10-17/h6-12,14,22H,5,13,15-16H2,1-4H3. The monoisotopic (exact) mass is 327 g/mol. The Morgan fingerprint density at radius 3 is 2.38 bits per heavy atom. The smallest absolute Gasteiger partial charge is 0.127 e. The van der Waals surface area contributed by atoms with Crippen molar-refractivity contribution >= 4 is 0 Å². The summed E-state index contributed by atoms with van der Waals surface area (Å²) in [6, 6.07) is 16.3. The van der Waals surface area contributed by atoms with Crippen molar-refractivity contribution in [1.82, 2.24) is 5.32 Å². The first-order chi connectivity index (χ1) is 11.5. The van der Waals surface area contributed by atoms with Crippen molar-refractivity contribution in [2.24, 2.45) is 0 Å². The molecule has 0 spiro atoms. The minimum absolute atomic E-state index is 0.0636. The van der Waals surface area contributed by atoms with E-state index in [1.807, 2.05) is 30.3 Å². The molecule has 0 amide bonds. The van der Waals surface area contributed by atoms with Crippen LogP contribution in [-0.2, 0) is 13.2 Å². The summed E-state index contributed by atoms with van der Waals surface area (Å²) in [4.78, 5) is 0. The largest absolute Gasteiger partial charge is 0.493 e. The molecule has 0 unspecified atom stereocenters. The maximum Gasteiger partial charge on any atom is 0.127 e. The first kappa shape index (κ1) is 18.3. The fourth-order valence-corrected chi connectivity index (χ4v) is 2.22. The third-order valence-electron chi connectivity index (χ3n) is 3.56. The molecule has 2 aromatic rings. The van der Waals surface area contributed by atoms with Crippen molar-refractivity contribution in [2.45, 2.75) is 52.8 Å². The highest BCUT2D eigenvalue weighted by atomic mass is 16.5. The number of rotatable bonds is 8. The molecule has 0 saturated heterocycles. The van der Waals surface area contributed by atoms with E-state index in [-0.39, 0.29) is 5.54 Å². The Morgan fingerprint density at radius 1 is 0.958 bits per heavy atom. The van der Waals surface area contributed by atoms with Crippen LogP contribution < -0.4 is 14.8 Å². The van der Waals surface area contributed by atoms with Crippen LogP contribution in [0, 0.1) is 0 Å². The van der Waals surface area contributed by atoms with Gasteiger partial charge in [-0.25, -0.2) is 0 Å². The van der Waals surface area contributed by atoms with Crippen molar-refractivity contribution in [3.05, 3.63) is 59.7 Å². The van der Waals surface area contributed by atoms with Gasteiger partial charge in [0.05, 0.1) is 6.61 Å². The van der Waals surface area contributed by atoms with Crippen LogP contribution in [0.1, 0.15) is 45.2 Å². The maximum absolute atomic E-state index is 6.09. The minimum atomic E-state index is 0.0636. The molecule has 3 nitrogen and oxygen atoms in total. The summed E-state index contributed by atoms with van der Waals surface area (Å²) in [5.41, 5.74) is 2.37. The maximum atomic E-state index is 6.09. The molecule has 0 fully saturated rings. The van der Waals surface area contributed by atoms with Crippen LogP contribution in [-0.4, -0.2) is 12.1 Å². The lowest BCUT2D eigenvalue weighted by molar-refractivity contribution is 0.290. The molecule has 130 valence electrons. The van der Waals surface area contributed by atoms with Crippen molar-refractivity contribution in [3.63, 3.8) is 0 Å². The molecule has 0 atom stereocenters. The van der Waals surface area contributed by atoms with E-state index >= 15 is 0 Å². The molecule has 0 aliphatic carbocycles. The van der Waals surface area contributed by atoms with Crippen molar-refractivity contribution in [1.29, 1.82) is 0 Å². The van der Waals surface area contributed by atoms with Gasteiger partial charge in [0.2, 0.25) is 0 Å². The zero-order valence-electron chi connectivity index (χ0n) is 15.3. The van der Waals surface area contributed by atoms with E-state index in [0.717, 1.165) is 42.2 Å². The van der Waals surface area contributed by atoms with Crippen molar-refractivity contribution < 1.29 is 9.47 Å². The molecule has 0 saturated carbocycles. The van der Waals surface area contributed by atoms with Crippen molar-refractivity contribution in [2.75, 3.05) is 6.61 Å². The molecule has 0 aromatic heterocycles. The first-order valence-electron chi connectivity index (χ1n) is 8.65. The first-order valence-corrected chi connectivity index (χ1v) is 8.65. The topological polar surface area (TPSA) is 30.5 Å². The van der Waals surface area contributed by atoms with Crippen LogP contribution in [0.5, 0.6) is 11.5 Å². The van der Waals surface area contributed by atoms with Crippen LogP contribution in [0.15, 0.2) is 48.5 Å². The summed E-state index contributed by atoms with van der Waals surface area (Å²) in [5.74, 6) is 1.74. The lowest BCUT2D eigenvalue weighted by atomic mass is 10.1. The van der Waals surface area contributed by atoms with E-state index < -0.39 is 0 Å².